The number of ether oxygens (including phenoxy) is 2. The van der Waals surface area contributed by atoms with Gasteiger partial charge >= 0.3 is 0 Å². The van der Waals surface area contributed by atoms with Crippen LogP contribution in [0.2, 0.25) is 10.0 Å². The minimum atomic E-state index is -0.627. The Morgan fingerprint density at radius 2 is 2.00 bits per heavy atom. The van der Waals surface area contributed by atoms with E-state index in [2.05, 4.69) is 21.2 Å². The van der Waals surface area contributed by atoms with Crippen molar-refractivity contribution >= 4 is 56.8 Å². The van der Waals surface area contributed by atoms with Gasteiger partial charge in [-0.3, -0.25) is 4.79 Å². The van der Waals surface area contributed by atoms with E-state index in [0.29, 0.717) is 28.1 Å². The first-order valence-corrected chi connectivity index (χ1v) is 9.33. The molecule has 0 aliphatic rings. The van der Waals surface area contributed by atoms with Gasteiger partial charge in [0.05, 0.1) is 33.9 Å². The van der Waals surface area contributed by atoms with Crippen molar-refractivity contribution in [1.29, 1.82) is 5.26 Å². The van der Waals surface area contributed by atoms with E-state index >= 15 is 0 Å². The van der Waals surface area contributed by atoms with Crippen LogP contribution in [0.5, 0.6) is 11.5 Å². The lowest BCUT2D eigenvalue weighted by molar-refractivity contribution is -0.112. The summed E-state index contributed by atoms with van der Waals surface area (Å²) in [7, 11) is 1.53. The van der Waals surface area contributed by atoms with Crippen molar-refractivity contribution in [3.05, 3.63) is 56.0 Å². The van der Waals surface area contributed by atoms with Gasteiger partial charge in [0, 0.05) is 0 Å². The molecule has 1 N–H and O–H groups in total. The molecule has 0 saturated heterocycles. The summed E-state index contributed by atoms with van der Waals surface area (Å²) in [5.41, 5.74) is 0.714. The number of anilines is 1. The smallest absolute Gasteiger partial charge is 0.266 e. The highest BCUT2D eigenvalue weighted by atomic mass is 79.9. The van der Waals surface area contributed by atoms with Gasteiger partial charge in [0.1, 0.15) is 11.6 Å². The first kappa shape index (κ1) is 21.1. The summed E-state index contributed by atoms with van der Waals surface area (Å²) in [6.45, 7) is 2.28. The number of carbonyl (C=O) groups excluding carboxylic acids is 1. The maximum absolute atomic E-state index is 12.5. The number of para-hydroxylation sites is 1. The van der Waals surface area contributed by atoms with Gasteiger partial charge in [-0.2, -0.15) is 5.26 Å². The van der Waals surface area contributed by atoms with Crippen LogP contribution in [0.4, 0.5) is 5.69 Å². The Bertz CT molecular complexity index is 919. The van der Waals surface area contributed by atoms with E-state index < -0.39 is 5.91 Å². The third kappa shape index (κ3) is 5.16. The predicted octanol–water partition coefficient (Wildman–Crippen LogP) is 5.71. The fraction of sp³-hybridized carbons (Fsp3) is 0.158. The van der Waals surface area contributed by atoms with Gasteiger partial charge < -0.3 is 14.8 Å². The minimum absolute atomic E-state index is 0.120. The molecule has 2 aromatic carbocycles. The highest BCUT2D eigenvalue weighted by Crippen LogP contribution is 2.37. The topological polar surface area (TPSA) is 71.3 Å². The van der Waals surface area contributed by atoms with Crippen LogP contribution < -0.4 is 14.8 Å². The molecule has 0 bridgehead atoms. The molecule has 0 spiro atoms. The van der Waals surface area contributed by atoms with E-state index in [9.17, 15) is 10.1 Å². The number of rotatable bonds is 6. The molecule has 27 heavy (non-hydrogen) atoms. The number of hydrogen-bond acceptors (Lipinski definition) is 4. The van der Waals surface area contributed by atoms with Crippen LogP contribution in [0.3, 0.4) is 0 Å². The van der Waals surface area contributed by atoms with E-state index in [1.54, 1.807) is 30.3 Å². The third-order valence-corrected chi connectivity index (χ3v) is 4.63. The lowest BCUT2D eigenvalue weighted by Crippen LogP contribution is -2.14. The molecule has 0 aliphatic carbocycles. The Hall–Kier alpha value is -2.20. The standard InChI is InChI=1S/C19H15BrCl2N2O3/c1-3-27-16-9-11(8-13(20)18(16)26-2)7-12(10-23)19(25)24-17-14(21)5-4-6-15(17)22/h4-9H,3H2,1-2H3,(H,24,25)/b12-7+. The van der Waals surface area contributed by atoms with Crippen LogP contribution in [0.15, 0.2) is 40.4 Å². The second-order valence-electron chi connectivity index (χ2n) is 5.19. The molecule has 0 atom stereocenters. The number of benzene rings is 2. The number of amides is 1. The highest BCUT2D eigenvalue weighted by molar-refractivity contribution is 9.10. The number of methoxy groups -OCH3 is 1. The summed E-state index contributed by atoms with van der Waals surface area (Å²) in [6, 6.07) is 10.1. The first-order chi connectivity index (χ1) is 12.9. The zero-order valence-corrected chi connectivity index (χ0v) is 17.6. The first-order valence-electron chi connectivity index (χ1n) is 7.78. The summed E-state index contributed by atoms with van der Waals surface area (Å²) in [5.74, 6) is 0.393. The highest BCUT2D eigenvalue weighted by Gasteiger charge is 2.15. The molecule has 140 valence electrons. The second kappa shape index (κ2) is 9.65. The molecule has 0 heterocycles. The Labute approximate surface area is 175 Å². The Kier molecular flexibility index (Phi) is 7.55. The number of hydrogen-bond donors (Lipinski definition) is 1. The zero-order chi connectivity index (χ0) is 20.0. The largest absolute Gasteiger partial charge is 0.492 e. The van der Waals surface area contributed by atoms with Crippen LogP contribution in [0, 0.1) is 11.3 Å². The summed E-state index contributed by atoms with van der Waals surface area (Å²) in [5, 5.41) is 12.5. The van der Waals surface area contributed by atoms with Crippen LogP contribution in [-0.2, 0) is 4.79 Å². The van der Waals surface area contributed by atoms with E-state index in [1.165, 1.54) is 13.2 Å². The molecule has 8 heteroatoms. The molecule has 0 fully saturated rings. The van der Waals surface area contributed by atoms with Crippen molar-refractivity contribution in [2.24, 2.45) is 0 Å². The lowest BCUT2D eigenvalue weighted by atomic mass is 10.1. The summed E-state index contributed by atoms with van der Waals surface area (Å²) >= 11 is 15.5. The van der Waals surface area contributed by atoms with Gasteiger partial charge in [-0.25, -0.2) is 0 Å². The average molecular weight is 470 g/mol. The molecule has 5 nitrogen and oxygen atoms in total. The Morgan fingerprint density at radius 3 is 2.56 bits per heavy atom. The number of nitrogens with one attached hydrogen (secondary N) is 1. The SMILES string of the molecule is CCOc1cc(/C=C(\C#N)C(=O)Nc2c(Cl)cccc2Cl)cc(Br)c1OC. The summed E-state index contributed by atoms with van der Waals surface area (Å²) < 4.78 is 11.5. The van der Waals surface area contributed by atoms with Crippen LogP contribution in [0.25, 0.3) is 6.08 Å². The van der Waals surface area contributed by atoms with E-state index in [0.717, 1.165) is 0 Å². The fourth-order valence-corrected chi connectivity index (χ4v) is 3.36. The van der Waals surface area contributed by atoms with Crippen molar-refractivity contribution in [1.82, 2.24) is 0 Å². The van der Waals surface area contributed by atoms with Crippen molar-refractivity contribution < 1.29 is 14.3 Å². The van der Waals surface area contributed by atoms with Crippen molar-refractivity contribution in [2.45, 2.75) is 6.92 Å². The lowest BCUT2D eigenvalue weighted by Gasteiger charge is -2.12. The number of nitriles is 1. The fourth-order valence-electron chi connectivity index (χ4n) is 2.25. The molecule has 2 rings (SSSR count). The molecule has 1 amide bonds. The number of carbonyl (C=O) groups is 1. The third-order valence-electron chi connectivity index (χ3n) is 3.41. The maximum atomic E-state index is 12.5. The molecule has 0 aliphatic heterocycles. The monoisotopic (exact) mass is 468 g/mol. The summed E-state index contributed by atoms with van der Waals surface area (Å²) in [6.07, 6.45) is 1.44. The second-order valence-corrected chi connectivity index (χ2v) is 6.86. The van der Waals surface area contributed by atoms with Crippen molar-refractivity contribution in [3.8, 4) is 17.6 Å². The average Bonchev–Trinajstić information content (AvgIpc) is 2.63. The maximum Gasteiger partial charge on any atom is 0.266 e. The van der Waals surface area contributed by atoms with Gasteiger partial charge in [-0.15, -0.1) is 0 Å². The van der Waals surface area contributed by atoms with E-state index in [1.807, 2.05) is 13.0 Å². The van der Waals surface area contributed by atoms with E-state index in [-0.39, 0.29) is 21.3 Å². The molecule has 0 aromatic heterocycles. The Morgan fingerprint density at radius 1 is 1.33 bits per heavy atom. The molecule has 0 radical (unpaired) electrons. The van der Waals surface area contributed by atoms with Gasteiger partial charge in [0.2, 0.25) is 0 Å². The van der Waals surface area contributed by atoms with E-state index in [4.69, 9.17) is 32.7 Å². The normalized spacial score (nSPS) is 10.9. The molecule has 0 saturated carbocycles. The quantitative estimate of drug-likeness (QED) is 0.434. The minimum Gasteiger partial charge on any atom is -0.492 e. The van der Waals surface area contributed by atoms with Gasteiger partial charge in [0.15, 0.2) is 11.5 Å². The van der Waals surface area contributed by atoms with Gasteiger partial charge in [0.25, 0.3) is 5.91 Å². The molecule has 2 aromatic rings. The molecular formula is C19H15BrCl2N2O3. The molecule has 0 unspecified atom stereocenters. The van der Waals surface area contributed by atoms with Crippen LogP contribution in [0.1, 0.15) is 12.5 Å². The predicted molar refractivity (Wildman–Crippen MR) is 111 cm³/mol. The number of nitrogens with zero attached hydrogens (tertiary/aromatic N) is 1. The van der Waals surface area contributed by atoms with Crippen LogP contribution >= 0.6 is 39.1 Å². The van der Waals surface area contributed by atoms with Crippen LogP contribution in [-0.4, -0.2) is 19.6 Å². The Balaban J connectivity index is 2.38. The van der Waals surface area contributed by atoms with Gasteiger partial charge in [-0.1, -0.05) is 29.3 Å². The number of halogens is 3. The van der Waals surface area contributed by atoms with Crippen molar-refractivity contribution in [2.75, 3.05) is 19.0 Å². The van der Waals surface area contributed by atoms with Gasteiger partial charge in [-0.05, 0) is 58.8 Å². The molecular weight excluding hydrogens is 455 g/mol. The summed E-state index contributed by atoms with van der Waals surface area (Å²) in [4.78, 5) is 12.5. The zero-order valence-electron chi connectivity index (χ0n) is 14.5. The van der Waals surface area contributed by atoms with Crippen molar-refractivity contribution in [3.63, 3.8) is 0 Å².